The van der Waals surface area contributed by atoms with Crippen LogP contribution in [0.15, 0.2) is 49.1 Å². The molecule has 2 amide bonds. The van der Waals surface area contributed by atoms with Gasteiger partial charge >= 0.3 is 6.03 Å². The van der Waals surface area contributed by atoms with Crippen LogP contribution in [0.1, 0.15) is 5.69 Å². The van der Waals surface area contributed by atoms with Crippen molar-refractivity contribution in [2.75, 3.05) is 18.4 Å². The maximum Gasteiger partial charge on any atom is 0.322 e. The van der Waals surface area contributed by atoms with Crippen molar-refractivity contribution in [1.29, 1.82) is 0 Å². The summed E-state index contributed by atoms with van der Waals surface area (Å²) in [6.07, 6.45) is 5.54. The maximum atomic E-state index is 14.5. The topological polar surface area (TPSA) is 88.8 Å². The van der Waals surface area contributed by atoms with Gasteiger partial charge in [0.25, 0.3) is 0 Å². The van der Waals surface area contributed by atoms with Crippen molar-refractivity contribution < 1.29 is 13.6 Å². The van der Waals surface area contributed by atoms with Crippen LogP contribution >= 0.6 is 0 Å². The zero-order chi connectivity index (χ0) is 21.5. The van der Waals surface area contributed by atoms with Crippen molar-refractivity contribution in [3.05, 3.63) is 60.6 Å². The molecular formula is C21H17F2N7O. The van der Waals surface area contributed by atoms with Gasteiger partial charge in [-0.1, -0.05) is 0 Å². The second-order valence-corrected chi connectivity index (χ2v) is 7.30. The number of fused-ring (bicyclic) bond motifs is 1. The number of halogens is 2. The highest BCUT2D eigenvalue weighted by Gasteiger charge is 2.30. The number of alkyl halides is 1. The first kappa shape index (κ1) is 19.0. The lowest BCUT2D eigenvalue weighted by Gasteiger charge is -2.34. The summed E-state index contributed by atoms with van der Waals surface area (Å²) in [5, 5.41) is 7.70. The Bertz CT molecular complexity index is 1300. The highest BCUT2D eigenvalue weighted by molar-refractivity contribution is 5.90. The molecule has 4 aromatic rings. The Hall–Kier alpha value is -3.95. The van der Waals surface area contributed by atoms with Gasteiger partial charge in [0, 0.05) is 41.4 Å². The summed E-state index contributed by atoms with van der Waals surface area (Å²) >= 11 is 0. The minimum atomic E-state index is -0.992. The summed E-state index contributed by atoms with van der Waals surface area (Å²) in [4.78, 5) is 26.4. The van der Waals surface area contributed by atoms with Crippen LogP contribution in [0.4, 0.5) is 19.3 Å². The molecule has 4 heterocycles. The van der Waals surface area contributed by atoms with E-state index in [-0.39, 0.29) is 18.8 Å². The van der Waals surface area contributed by atoms with Gasteiger partial charge in [-0.3, -0.25) is 9.97 Å². The van der Waals surface area contributed by atoms with E-state index in [1.54, 1.807) is 24.8 Å². The van der Waals surface area contributed by atoms with Gasteiger partial charge in [0.2, 0.25) is 0 Å². The third kappa shape index (κ3) is 3.56. The number of amides is 2. The van der Waals surface area contributed by atoms with Gasteiger partial charge < -0.3 is 10.2 Å². The fourth-order valence-electron chi connectivity index (χ4n) is 3.42. The molecule has 0 saturated carbocycles. The van der Waals surface area contributed by atoms with Crippen molar-refractivity contribution >= 4 is 22.8 Å². The van der Waals surface area contributed by atoms with Crippen LogP contribution in [-0.2, 0) is 0 Å². The molecule has 1 aliphatic heterocycles. The number of benzene rings is 1. The summed E-state index contributed by atoms with van der Waals surface area (Å²) in [5.41, 5.74) is 3.23. The van der Waals surface area contributed by atoms with Crippen LogP contribution in [0.2, 0.25) is 0 Å². The number of aryl methyl sites for hydroxylation is 1. The molecule has 0 aliphatic carbocycles. The number of rotatable bonds is 3. The number of hydrogen-bond donors (Lipinski definition) is 1. The van der Waals surface area contributed by atoms with Gasteiger partial charge in [-0.05, 0) is 31.2 Å². The Morgan fingerprint density at radius 1 is 1.16 bits per heavy atom. The van der Waals surface area contributed by atoms with Gasteiger partial charge in [0.1, 0.15) is 17.7 Å². The molecule has 1 saturated heterocycles. The molecule has 0 bridgehead atoms. The first-order valence-corrected chi connectivity index (χ1v) is 9.61. The van der Waals surface area contributed by atoms with Gasteiger partial charge in [0.05, 0.1) is 24.5 Å². The van der Waals surface area contributed by atoms with E-state index in [2.05, 4.69) is 25.4 Å². The summed E-state index contributed by atoms with van der Waals surface area (Å²) in [5.74, 6) is -0.511. The highest BCUT2D eigenvalue weighted by atomic mass is 19.1. The maximum absolute atomic E-state index is 14.5. The SMILES string of the molecule is Cc1nccnc1-c1cnc2nn(-c3cc(NC(=O)N4CC(F)C4)ccc3F)cc2c1. The lowest BCUT2D eigenvalue weighted by molar-refractivity contribution is 0.0974. The van der Waals surface area contributed by atoms with Gasteiger partial charge in [-0.15, -0.1) is 5.10 Å². The van der Waals surface area contributed by atoms with Crippen LogP contribution in [0.25, 0.3) is 28.0 Å². The molecular weight excluding hydrogens is 404 g/mol. The smallest absolute Gasteiger partial charge is 0.319 e. The average molecular weight is 421 g/mol. The van der Waals surface area contributed by atoms with E-state index in [0.717, 1.165) is 11.3 Å². The fraction of sp³-hybridized carbons (Fsp3) is 0.190. The number of aromatic nitrogens is 5. The predicted molar refractivity (Wildman–Crippen MR) is 110 cm³/mol. The van der Waals surface area contributed by atoms with E-state index >= 15 is 0 Å². The monoisotopic (exact) mass is 421 g/mol. The standard InChI is InChI=1S/C21H17F2N7O/c1-12-19(25-5-4-24-12)13-6-14-9-30(28-20(14)26-8-13)18-7-16(2-3-17(18)23)27-21(31)29-10-15(22)11-29/h2-9,15H,10-11H2,1H3,(H,27,31). The van der Waals surface area contributed by atoms with Crippen LogP contribution in [-0.4, -0.2) is 54.9 Å². The third-order valence-corrected chi connectivity index (χ3v) is 5.08. The van der Waals surface area contributed by atoms with Crippen molar-refractivity contribution in [2.45, 2.75) is 13.1 Å². The molecule has 0 unspecified atom stereocenters. The van der Waals surface area contributed by atoms with E-state index in [9.17, 15) is 13.6 Å². The van der Waals surface area contributed by atoms with Gasteiger partial charge in [0.15, 0.2) is 5.65 Å². The molecule has 3 aromatic heterocycles. The molecule has 156 valence electrons. The van der Waals surface area contributed by atoms with Crippen LogP contribution < -0.4 is 5.32 Å². The summed E-state index contributed by atoms with van der Waals surface area (Å²) in [7, 11) is 0. The van der Waals surface area contributed by atoms with E-state index in [1.807, 2.05) is 13.0 Å². The first-order chi connectivity index (χ1) is 15.0. The molecule has 1 N–H and O–H groups in total. The molecule has 1 aliphatic rings. The lowest BCUT2D eigenvalue weighted by Crippen LogP contribution is -2.53. The lowest BCUT2D eigenvalue weighted by atomic mass is 10.1. The molecule has 0 spiro atoms. The Kier molecular flexibility index (Phi) is 4.54. The fourth-order valence-corrected chi connectivity index (χ4v) is 3.42. The molecule has 10 heteroatoms. The van der Waals surface area contributed by atoms with Crippen molar-refractivity contribution in [2.24, 2.45) is 0 Å². The first-order valence-electron chi connectivity index (χ1n) is 9.61. The van der Waals surface area contributed by atoms with Gasteiger partial charge in [-0.2, -0.15) is 0 Å². The Morgan fingerprint density at radius 3 is 2.74 bits per heavy atom. The molecule has 31 heavy (non-hydrogen) atoms. The number of pyridine rings is 1. The summed E-state index contributed by atoms with van der Waals surface area (Å²) in [6, 6.07) is 5.60. The number of nitrogens with zero attached hydrogens (tertiary/aromatic N) is 6. The van der Waals surface area contributed by atoms with Crippen LogP contribution in [0.5, 0.6) is 0 Å². The summed E-state index contributed by atoms with van der Waals surface area (Å²) < 4.78 is 28.9. The number of hydrogen-bond acceptors (Lipinski definition) is 5. The number of nitrogens with one attached hydrogen (secondary N) is 1. The zero-order valence-corrected chi connectivity index (χ0v) is 16.5. The second-order valence-electron chi connectivity index (χ2n) is 7.30. The molecule has 5 rings (SSSR count). The van der Waals surface area contributed by atoms with E-state index in [0.29, 0.717) is 22.4 Å². The quantitative estimate of drug-likeness (QED) is 0.547. The Morgan fingerprint density at radius 2 is 1.97 bits per heavy atom. The van der Waals surface area contributed by atoms with Crippen molar-refractivity contribution in [3.63, 3.8) is 0 Å². The van der Waals surface area contributed by atoms with Crippen LogP contribution in [0, 0.1) is 12.7 Å². The second kappa shape index (κ2) is 7.38. The molecule has 1 fully saturated rings. The minimum absolute atomic E-state index is 0.0592. The Balaban J connectivity index is 1.46. The molecule has 0 radical (unpaired) electrons. The number of likely N-dealkylation sites (tertiary alicyclic amines) is 1. The van der Waals surface area contributed by atoms with E-state index < -0.39 is 18.0 Å². The largest absolute Gasteiger partial charge is 0.322 e. The minimum Gasteiger partial charge on any atom is -0.319 e. The molecule has 0 atom stereocenters. The third-order valence-electron chi connectivity index (χ3n) is 5.08. The highest BCUT2D eigenvalue weighted by Crippen LogP contribution is 2.25. The number of carbonyl (C=O) groups is 1. The van der Waals surface area contributed by atoms with Crippen LogP contribution in [0.3, 0.4) is 0 Å². The number of anilines is 1. The van der Waals surface area contributed by atoms with Crippen molar-refractivity contribution in [1.82, 2.24) is 29.6 Å². The number of urea groups is 1. The Labute approximate surface area is 175 Å². The molecule has 8 nitrogen and oxygen atoms in total. The van der Waals surface area contributed by atoms with E-state index in [4.69, 9.17) is 0 Å². The van der Waals surface area contributed by atoms with Gasteiger partial charge in [-0.25, -0.2) is 23.2 Å². The summed E-state index contributed by atoms with van der Waals surface area (Å²) in [6.45, 7) is 1.98. The van der Waals surface area contributed by atoms with E-state index in [1.165, 1.54) is 27.8 Å². The normalized spacial score (nSPS) is 14.0. The average Bonchev–Trinajstić information content (AvgIpc) is 3.16. The zero-order valence-electron chi connectivity index (χ0n) is 16.5. The molecule has 1 aromatic carbocycles. The van der Waals surface area contributed by atoms with Crippen molar-refractivity contribution in [3.8, 4) is 16.9 Å². The predicted octanol–water partition coefficient (Wildman–Crippen LogP) is 3.51. The number of carbonyl (C=O) groups excluding carboxylic acids is 1.